The number of amides is 1. The number of hydrogen-bond acceptors (Lipinski definition) is 7. The minimum atomic E-state index is -0.251. The molecule has 0 aliphatic heterocycles. The average Bonchev–Trinajstić information content (AvgIpc) is 3.38. The van der Waals surface area contributed by atoms with E-state index in [1.165, 1.54) is 18.0 Å². The quantitative estimate of drug-likeness (QED) is 0.520. The summed E-state index contributed by atoms with van der Waals surface area (Å²) in [5.41, 5.74) is 1.97. The van der Waals surface area contributed by atoms with Gasteiger partial charge in [-0.25, -0.2) is 4.98 Å². The smallest absolute Gasteiger partial charge is 0.322 e. The highest BCUT2D eigenvalue weighted by atomic mass is 32.2. The van der Waals surface area contributed by atoms with Crippen molar-refractivity contribution in [1.82, 2.24) is 19.7 Å². The van der Waals surface area contributed by atoms with Crippen molar-refractivity contribution in [3.63, 3.8) is 0 Å². The Hall–Kier alpha value is -3.07. The molecule has 4 rings (SSSR count). The third-order valence-corrected chi connectivity index (χ3v) is 4.65. The van der Waals surface area contributed by atoms with Crippen molar-refractivity contribution in [3.05, 3.63) is 42.7 Å². The number of fused-ring (bicyclic) bond motifs is 1. The van der Waals surface area contributed by atoms with E-state index in [1.54, 1.807) is 12.1 Å². The monoisotopic (exact) mass is 369 g/mol. The molecule has 0 fully saturated rings. The number of anilines is 1. The highest BCUT2D eigenvalue weighted by molar-refractivity contribution is 7.99. The molecule has 3 heterocycles. The number of hydrogen-bond donors (Lipinski definition) is 1. The summed E-state index contributed by atoms with van der Waals surface area (Å²) in [7, 11) is 0. The van der Waals surface area contributed by atoms with Crippen molar-refractivity contribution in [1.29, 1.82) is 0 Å². The first-order valence-electron chi connectivity index (χ1n) is 8.00. The topological polar surface area (TPSA) is 99.0 Å². The molecular weight excluding hydrogens is 354 g/mol. The Morgan fingerprint density at radius 1 is 1.23 bits per heavy atom. The second-order valence-corrected chi connectivity index (χ2v) is 6.30. The molecule has 0 unspecified atom stereocenters. The van der Waals surface area contributed by atoms with Crippen molar-refractivity contribution in [2.24, 2.45) is 0 Å². The Kier molecular flexibility index (Phi) is 4.44. The summed E-state index contributed by atoms with van der Waals surface area (Å²) >= 11 is 1.36. The van der Waals surface area contributed by atoms with E-state index in [0.717, 1.165) is 22.7 Å². The van der Waals surface area contributed by atoms with Crippen molar-refractivity contribution in [2.75, 3.05) is 11.1 Å². The average molecular weight is 369 g/mol. The third-order valence-electron chi connectivity index (χ3n) is 3.67. The van der Waals surface area contributed by atoms with Crippen LogP contribution in [0.5, 0.6) is 0 Å². The van der Waals surface area contributed by atoms with Gasteiger partial charge in [0.1, 0.15) is 0 Å². The summed E-state index contributed by atoms with van der Waals surface area (Å²) in [5, 5.41) is 11.0. The fraction of sp³-hybridized carbons (Fsp3) is 0.176. The lowest BCUT2D eigenvalue weighted by Crippen LogP contribution is -2.14. The number of benzene rings is 1. The maximum Gasteiger partial charge on any atom is 0.322 e. The van der Waals surface area contributed by atoms with Crippen LogP contribution in [0.4, 0.5) is 6.01 Å². The number of carbonyl (C=O) groups excluding carboxylic acids is 1. The minimum absolute atomic E-state index is 0.0333. The van der Waals surface area contributed by atoms with Crippen LogP contribution < -0.4 is 5.32 Å². The van der Waals surface area contributed by atoms with Gasteiger partial charge < -0.3 is 13.4 Å². The van der Waals surface area contributed by atoms with E-state index in [0.29, 0.717) is 5.76 Å². The molecule has 4 aromatic rings. The molecule has 0 radical (unpaired) electrons. The number of carbonyl (C=O) groups is 1. The first-order valence-corrected chi connectivity index (χ1v) is 8.98. The van der Waals surface area contributed by atoms with E-state index in [1.807, 2.05) is 31.2 Å². The maximum absolute atomic E-state index is 12.2. The molecule has 0 saturated carbocycles. The second kappa shape index (κ2) is 7.04. The SMILES string of the molecule is CCn1c(SCC(=O)Nc2nnc(-c3ccco3)o2)nc2ccccc21. The second-order valence-electron chi connectivity index (χ2n) is 5.35. The van der Waals surface area contributed by atoms with Crippen LogP contribution in [0.15, 0.2) is 56.7 Å². The molecule has 3 aromatic heterocycles. The lowest BCUT2D eigenvalue weighted by atomic mass is 10.3. The molecule has 0 saturated heterocycles. The van der Waals surface area contributed by atoms with Gasteiger partial charge in [-0.3, -0.25) is 10.1 Å². The summed E-state index contributed by atoms with van der Waals surface area (Å²) < 4.78 is 12.6. The van der Waals surface area contributed by atoms with Gasteiger partial charge in [-0.05, 0) is 31.2 Å². The summed E-state index contributed by atoms with van der Waals surface area (Å²) in [5.74, 6) is 0.594. The first-order chi connectivity index (χ1) is 12.7. The molecule has 1 N–H and O–H groups in total. The predicted octanol–water partition coefficient (Wildman–Crippen LogP) is 3.43. The van der Waals surface area contributed by atoms with E-state index >= 15 is 0 Å². The Bertz CT molecular complexity index is 1040. The van der Waals surface area contributed by atoms with Crippen LogP contribution in [0, 0.1) is 0 Å². The summed E-state index contributed by atoms with van der Waals surface area (Å²) in [6, 6.07) is 11.3. The molecule has 9 heteroatoms. The van der Waals surface area contributed by atoms with E-state index < -0.39 is 0 Å². The lowest BCUT2D eigenvalue weighted by Gasteiger charge is -2.05. The van der Waals surface area contributed by atoms with Crippen molar-refractivity contribution in [2.45, 2.75) is 18.6 Å². The maximum atomic E-state index is 12.2. The van der Waals surface area contributed by atoms with Gasteiger partial charge in [-0.2, -0.15) is 0 Å². The lowest BCUT2D eigenvalue weighted by molar-refractivity contribution is -0.113. The normalized spacial score (nSPS) is 11.1. The summed E-state index contributed by atoms with van der Waals surface area (Å²) in [4.78, 5) is 16.8. The number of aromatic nitrogens is 4. The summed E-state index contributed by atoms with van der Waals surface area (Å²) in [6.07, 6.45) is 1.51. The summed E-state index contributed by atoms with van der Waals surface area (Å²) in [6.45, 7) is 2.83. The Morgan fingerprint density at radius 2 is 2.12 bits per heavy atom. The van der Waals surface area contributed by atoms with E-state index in [2.05, 4.69) is 25.1 Å². The van der Waals surface area contributed by atoms with Crippen LogP contribution in [0.1, 0.15) is 6.92 Å². The molecular formula is C17H15N5O3S. The number of nitrogens with one attached hydrogen (secondary N) is 1. The zero-order valence-electron chi connectivity index (χ0n) is 13.9. The van der Waals surface area contributed by atoms with Gasteiger partial charge in [0.15, 0.2) is 10.9 Å². The standard InChI is InChI=1S/C17H15N5O3S/c1-2-22-12-7-4-3-6-11(12)18-17(22)26-10-14(23)19-16-21-20-15(25-16)13-8-5-9-24-13/h3-9H,2,10H2,1H3,(H,19,21,23). The van der Waals surface area contributed by atoms with Crippen LogP contribution in [0.2, 0.25) is 0 Å². The molecule has 132 valence electrons. The van der Waals surface area contributed by atoms with E-state index in [4.69, 9.17) is 8.83 Å². The molecule has 0 aliphatic carbocycles. The number of rotatable bonds is 6. The van der Waals surface area contributed by atoms with Crippen LogP contribution >= 0.6 is 11.8 Å². The Labute approximate surface area is 152 Å². The van der Waals surface area contributed by atoms with Crippen LogP contribution in [0.25, 0.3) is 22.7 Å². The number of nitrogens with zero attached hydrogens (tertiary/aromatic N) is 4. The zero-order chi connectivity index (χ0) is 17.9. The van der Waals surface area contributed by atoms with E-state index in [-0.39, 0.29) is 23.6 Å². The van der Waals surface area contributed by atoms with Gasteiger partial charge in [0.05, 0.1) is 23.0 Å². The Morgan fingerprint density at radius 3 is 2.92 bits per heavy atom. The number of aryl methyl sites for hydroxylation is 1. The number of thioether (sulfide) groups is 1. The first kappa shape index (κ1) is 16.4. The zero-order valence-corrected chi connectivity index (χ0v) is 14.7. The van der Waals surface area contributed by atoms with E-state index in [9.17, 15) is 4.79 Å². The molecule has 0 aliphatic rings. The van der Waals surface area contributed by atoms with Crippen LogP contribution in [-0.2, 0) is 11.3 Å². The molecule has 1 amide bonds. The molecule has 1 aromatic carbocycles. The van der Waals surface area contributed by atoms with Crippen molar-refractivity contribution < 1.29 is 13.6 Å². The van der Waals surface area contributed by atoms with Gasteiger partial charge >= 0.3 is 6.01 Å². The third kappa shape index (κ3) is 3.21. The molecule has 0 bridgehead atoms. The minimum Gasteiger partial charge on any atom is -0.459 e. The number of furan rings is 1. The molecule has 26 heavy (non-hydrogen) atoms. The van der Waals surface area contributed by atoms with Crippen molar-refractivity contribution in [3.8, 4) is 11.7 Å². The number of para-hydroxylation sites is 2. The predicted molar refractivity (Wildman–Crippen MR) is 96.8 cm³/mol. The highest BCUT2D eigenvalue weighted by Crippen LogP contribution is 2.24. The van der Waals surface area contributed by atoms with Gasteiger partial charge in [-0.1, -0.05) is 29.0 Å². The molecule has 0 atom stereocenters. The largest absolute Gasteiger partial charge is 0.459 e. The Balaban J connectivity index is 1.41. The fourth-order valence-corrected chi connectivity index (χ4v) is 3.41. The van der Waals surface area contributed by atoms with Gasteiger partial charge in [0.25, 0.3) is 5.89 Å². The van der Waals surface area contributed by atoms with Crippen LogP contribution in [-0.4, -0.2) is 31.4 Å². The highest BCUT2D eigenvalue weighted by Gasteiger charge is 2.15. The van der Waals surface area contributed by atoms with Gasteiger partial charge in [-0.15, -0.1) is 5.10 Å². The fourth-order valence-electron chi connectivity index (χ4n) is 2.53. The molecule has 0 spiro atoms. The number of imidazole rings is 1. The van der Waals surface area contributed by atoms with Crippen molar-refractivity contribution >= 4 is 34.7 Å². The van der Waals surface area contributed by atoms with Gasteiger partial charge in [0.2, 0.25) is 5.91 Å². The molecule has 8 nitrogen and oxygen atoms in total. The van der Waals surface area contributed by atoms with Gasteiger partial charge in [0, 0.05) is 6.54 Å². The van der Waals surface area contributed by atoms with Crippen LogP contribution in [0.3, 0.4) is 0 Å².